The lowest BCUT2D eigenvalue weighted by molar-refractivity contribution is 0.0999. The minimum Gasteiger partial charge on any atom is -0.394 e. The second-order valence-corrected chi connectivity index (χ2v) is 7.01. The summed E-state index contributed by atoms with van der Waals surface area (Å²) in [7, 11) is 0. The zero-order valence-electron chi connectivity index (χ0n) is 17.2. The van der Waals surface area contributed by atoms with Gasteiger partial charge >= 0.3 is 0 Å². The fraction of sp³-hybridized carbons (Fsp3) is 0.136. The van der Waals surface area contributed by atoms with Crippen molar-refractivity contribution in [2.75, 3.05) is 17.2 Å². The molecule has 1 atom stereocenters. The number of aliphatic hydroxyl groups is 1. The number of amides is 1. The maximum atomic E-state index is 11.5. The van der Waals surface area contributed by atoms with Crippen LogP contribution < -0.4 is 16.4 Å². The van der Waals surface area contributed by atoms with Crippen LogP contribution in [0.1, 0.15) is 27.5 Å². The molecule has 10 heteroatoms. The third-order valence-electron chi connectivity index (χ3n) is 4.82. The van der Waals surface area contributed by atoms with Gasteiger partial charge in [-0.05, 0) is 36.2 Å². The average Bonchev–Trinajstić information content (AvgIpc) is 3.33. The lowest BCUT2D eigenvalue weighted by Crippen LogP contribution is -2.17. The van der Waals surface area contributed by atoms with Crippen molar-refractivity contribution in [2.45, 2.75) is 13.0 Å². The fourth-order valence-electron chi connectivity index (χ4n) is 3.23. The monoisotopic (exact) mass is 431 g/mol. The van der Waals surface area contributed by atoms with E-state index < -0.39 is 11.9 Å². The van der Waals surface area contributed by atoms with E-state index in [2.05, 4.69) is 30.7 Å². The fourth-order valence-corrected chi connectivity index (χ4v) is 3.23. The second kappa shape index (κ2) is 9.23. The number of nitrogens with two attached hydrogens (primary N) is 1. The predicted octanol–water partition coefficient (Wildman–Crippen LogP) is 2.82. The Hall–Kier alpha value is -4.31. The molecule has 162 valence electrons. The molecule has 1 amide bonds. The SMILES string of the molecule is Cc1cc(Nc2ncc(-c3ncno3)c(N[C@H](CO)c3ccccc3)n2)ccc1C(N)=O. The Morgan fingerprint density at radius 1 is 1.19 bits per heavy atom. The summed E-state index contributed by atoms with van der Waals surface area (Å²) in [5.41, 5.74) is 8.61. The summed E-state index contributed by atoms with van der Waals surface area (Å²) in [5, 5.41) is 19.9. The van der Waals surface area contributed by atoms with Crippen molar-refractivity contribution < 1.29 is 14.4 Å². The molecule has 0 aliphatic heterocycles. The number of primary amides is 1. The maximum absolute atomic E-state index is 11.5. The van der Waals surface area contributed by atoms with E-state index in [0.29, 0.717) is 28.6 Å². The Labute approximate surface area is 183 Å². The molecule has 0 aliphatic rings. The Kier molecular flexibility index (Phi) is 6.04. The topological polar surface area (TPSA) is 152 Å². The molecule has 4 rings (SSSR count). The number of hydrogen-bond donors (Lipinski definition) is 4. The minimum absolute atomic E-state index is 0.159. The first-order valence-electron chi connectivity index (χ1n) is 9.79. The van der Waals surface area contributed by atoms with E-state index in [9.17, 15) is 9.90 Å². The van der Waals surface area contributed by atoms with Crippen molar-refractivity contribution in [2.24, 2.45) is 5.73 Å². The highest BCUT2D eigenvalue weighted by atomic mass is 16.5. The van der Waals surface area contributed by atoms with Gasteiger partial charge in [-0.1, -0.05) is 35.5 Å². The van der Waals surface area contributed by atoms with Crippen molar-refractivity contribution in [1.82, 2.24) is 20.1 Å². The number of aliphatic hydroxyl groups excluding tert-OH is 1. The van der Waals surface area contributed by atoms with Gasteiger partial charge in [-0.3, -0.25) is 4.79 Å². The number of aromatic nitrogens is 4. The smallest absolute Gasteiger partial charge is 0.262 e. The van der Waals surface area contributed by atoms with E-state index in [0.717, 1.165) is 11.1 Å². The highest BCUT2D eigenvalue weighted by molar-refractivity contribution is 5.94. The van der Waals surface area contributed by atoms with Crippen molar-refractivity contribution in [3.63, 3.8) is 0 Å². The first-order chi connectivity index (χ1) is 15.5. The molecule has 10 nitrogen and oxygen atoms in total. The number of rotatable bonds is 8. The summed E-state index contributed by atoms with van der Waals surface area (Å²) in [4.78, 5) is 24.4. The Morgan fingerprint density at radius 3 is 2.66 bits per heavy atom. The first-order valence-corrected chi connectivity index (χ1v) is 9.79. The first kappa shape index (κ1) is 20.9. The van der Waals surface area contributed by atoms with Gasteiger partial charge in [0.2, 0.25) is 11.9 Å². The molecule has 0 radical (unpaired) electrons. The third kappa shape index (κ3) is 4.55. The van der Waals surface area contributed by atoms with Crippen LogP contribution >= 0.6 is 0 Å². The van der Waals surface area contributed by atoms with Crippen LogP contribution in [0.3, 0.4) is 0 Å². The molecule has 4 aromatic rings. The molecule has 32 heavy (non-hydrogen) atoms. The largest absolute Gasteiger partial charge is 0.394 e. The van der Waals surface area contributed by atoms with Crippen molar-refractivity contribution in [1.29, 1.82) is 0 Å². The van der Waals surface area contributed by atoms with E-state index in [-0.39, 0.29) is 12.5 Å². The molecule has 0 spiro atoms. The molecule has 0 aliphatic carbocycles. The van der Waals surface area contributed by atoms with Crippen LogP contribution in [0.5, 0.6) is 0 Å². The van der Waals surface area contributed by atoms with Crippen LogP contribution in [0.2, 0.25) is 0 Å². The second-order valence-electron chi connectivity index (χ2n) is 7.01. The molecular weight excluding hydrogens is 410 g/mol. The van der Waals surface area contributed by atoms with Gasteiger partial charge in [-0.15, -0.1) is 0 Å². The summed E-state index contributed by atoms with van der Waals surface area (Å²) in [6, 6.07) is 14.2. The quantitative estimate of drug-likeness (QED) is 0.330. The van der Waals surface area contributed by atoms with Gasteiger partial charge in [0.15, 0.2) is 6.33 Å². The van der Waals surface area contributed by atoms with E-state index in [1.807, 2.05) is 30.3 Å². The van der Waals surface area contributed by atoms with Gasteiger partial charge in [0.25, 0.3) is 5.89 Å². The summed E-state index contributed by atoms with van der Waals surface area (Å²) in [6.45, 7) is 1.64. The molecular formula is C22H21N7O3. The molecule has 0 bridgehead atoms. The molecule has 2 heterocycles. The highest BCUT2D eigenvalue weighted by Crippen LogP contribution is 2.29. The van der Waals surface area contributed by atoms with Crippen LogP contribution in [0.4, 0.5) is 17.5 Å². The number of nitrogens with one attached hydrogen (secondary N) is 2. The number of hydrogen-bond acceptors (Lipinski definition) is 9. The predicted molar refractivity (Wildman–Crippen MR) is 118 cm³/mol. The highest BCUT2D eigenvalue weighted by Gasteiger charge is 2.18. The van der Waals surface area contributed by atoms with Gasteiger partial charge in [-0.25, -0.2) is 4.98 Å². The van der Waals surface area contributed by atoms with Gasteiger partial charge in [0, 0.05) is 17.4 Å². The minimum atomic E-state index is -0.489. The van der Waals surface area contributed by atoms with Crippen molar-refractivity contribution >= 4 is 23.4 Å². The van der Waals surface area contributed by atoms with E-state index in [1.54, 1.807) is 31.3 Å². The summed E-state index contributed by atoms with van der Waals surface area (Å²) in [6.07, 6.45) is 2.84. The van der Waals surface area contributed by atoms with Crippen molar-refractivity contribution in [3.05, 3.63) is 77.7 Å². The molecule has 0 fully saturated rings. The number of benzene rings is 2. The number of carbonyl (C=O) groups excluding carboxylic acids is 1. The van der Waals surface area contributed by atoms with Crippen LogP contribution in [-0.4, -0.2) is 37.7 Å². The maximum Gasteiger partial charge on any atom is 0.262 e. The van der Waals surface area contributed by atoms with Crippen molar-refractivity contribution in [3.8, 4) is 11.5 Å². The summed E-state index contributed by atoms with van der Waals surface area (Å²) in [5.74, 6) is 0.453. The Bertz CT molecular complexity index is 1210. The molecule has 2 aromatic heterocycles. The van der Waals surface area contributed by atoms with Crippen LogP contribution in [0.25, 0.3) is 11.5 Å². The Morgan fingerprint density at radius 2 is 2.00 bits per heavy atom. The number of anilines is 3. The number of aryl methyl sites for hydroxylation is 1. The lowest BCUT2D eigenvalue weighted by atomic mass is 10.1. The van der Waals surface area contributed by atoms with E-state index in [1.165, 1.54) is 6.33 Å². The van der Waals surface area contributed by atoms with Gasteiger partial charge in [0.1, 0.15) is 11.4 Å². The van der Waals surface area contributed by atoms with Crippen LogP contribution in [-0.2, 0) is 0 Å². The van der Waals surface area contributed by atoms with Gasteiger partial charge in [0.05, 0.1) is 12.6 Å². The normalized spacial score (nSPS) is 11.7. The standard InChI is InChI=1S/C22H21N7O3/c1-13-9-15(7-8-16(13)19(23)31)27-22-24-10-17(21-25-12-26-32-21)20(29-22)28-18(11-30)14-5-3-2-4-6-14/h2-10,12,18,30H,11H2,1H3,(H2,23,31)(H2,24,27,28,29)/t18-/m1/s1. The van der Waals surface area contributed by atoms with Gasteiger partial charge < -0.3 is 26.0 Å². The molecule has 5 N–H and O–H groups in total. The molecule has 0 unspecified atom stereocenters. The average molecular weight is 431 g/mol. The zero-order chi connectivity index (χ0) is 22.5. The number of carbonyl (C=O) groups is 1. The lowest BCUT2D eigenvalue weighted by Gasteiger charge is -2.19. The summed E-state index contributed by atoms with van der Waals surface area (Å²) >= 11 is 0. The Balaban J connectivity index is 1.67. The molecule has 0 saturated carbocycles. The third-order valence-corrected chi connectivity index (χ3v) is 4.82. The van der Waals surface area contributed by atoms with Gasteiger partial charge in [-0.2, -0.15) is 9.97 Å². The zero-order valence-corrected chi connectivity index (χ0v) is 17.2. The van der Waals surface area contributed by atoms with Crippen LogP contribution in [0, 0.1) is 6.92 Å². The van der Waals surface area contributed by atoms with E-state index in [4.69, 9.17) is 10.3 Å². The van der Waals surface area contributed by atoms with Crippen LogP contribution in [0.15, 0.2) is 65.6 Å². The molecule has 0 saturated heterocycles. The number of nitrogens with zero attached hydrogens (tertiary/aromatic N) is 4. The van der Waals surface area contributed by atoms with E-state index >= 15 is 0 Å². The summed E-state index contributed by atoms with van der Waals surface area (Å²) < 4.78 is 5.18. The molecule has 2 aromatic carbocycles.